The van der Waals surface area contributed by atoms with Gasteiger partial charge in [-0.15, -0.1) is 0 Å². The van der Waals surface area contributed by atoms with Crippen molar-refractivity contribution >= 4 is 43.1 Å². The van der Waals surface area contributed by atoms with E-state index in [4.69, 9.17) is 0 Å². The standard InChI is InChI=1S/C18H20N6O2S/c1-10(2)24-11(3)16(9-20-24)22-18-17-14(8-19-23-17)13-6-5-12(27(4,25)26)7-15(13)21-18/h5-10H,1-4H3,(H,19,23)(H,21,22). The van der Waals surface area contributed by atoms with Crippen molar-refractivity contribution in [1.82, 2.24) is 25.0 Å². The Morgan fingerprint density at radius 3 is 2.63 bits per heavy atom. The first-order valence-corrected chi connectivity index (χ1v) is 10.4. The van der Waals surface area contributed by atoms with E-state index in [0.717, 1.165) is 27.7 Å². The minimum Gasteiger partial charge on any atom is -0.336 e. The Kier molecular flexibility index (Phi) is 3.92. The van der Waals surface area contributed by atoms with Crippen molar-refractivity contribution in [3.8, 4) is 0 Å². The molecular formula is C18H20N6O2S. The number of hydrogen-bond acceptors (Lipinski definition) is 6. The first-order valence-electron chi connectivity index (χ1n) is 8.53. The molecule has 0 bridgehead atoms. The lowest BCUT2D eigenvalue weighted by Crippen LogP contribution is -2.05. The van der Waals surface area contributed by atoms with Gasteiger partial charge in [0.1, 0.15) is 5.52 Å². The van der Waals surface area contributed by atoms with Crippen LogP contribution in [0, 0.1) is 6.92 Å². The fourth-order valence-electron chi connectivity index (χ4n) is 3.19. The van der Waals surface area contributed by atoms with Gasteiger partial charge in [0.15, 0.2) is 15.7 Å². The zero-order chi connectivity index (χ0) is 19.3. The first kappa shape index (κ1) is 17.5. The smallest absolute Gasteiger partial charge is 0.175 e. The van der Waals surface area contributed by atoms with Crippen molar-refractivity contribution in [2.45, 2.75) is 31.7 Å². The van der Waals surface area contributed by atoms with E-state index in [9.17, 15) is 8.42 Å². The summed E-state index contributed by atoms with van der Waals surface area (Å²) in [5.41, 5.74) is 3.17. The van der Waals surface area contributed by atoms with E-state index >= 15 is 0 Å². The minimum absolute atomic E-state index is 0.236. The van der Waals surface area contributed by atoms with Gasteiger partial charge in [-0.25, -0.2) is 13.4 Å². The summed E-state index contributed by atoms with van der Waals surface area (Å²) in [5.74, 6) is 0.576. The zero-order valence-electron chi connectivity index (χ0n) is 15.5. The molecule has 0 radical (unpaired) electrons. The number of benzene rings is 1. The van der Waals surface area contributed by atoms with Gasteiger partial charge in [0.2, 0.25) is 0 Å². The van der Waals surface area contributed by atoms with E-state index in [2.05, 4.69) is 39.4 Å². The van der Waals surface area contributed by atoms with Crippen LogP contribution in [0.4, 0.5) is 11.5 Å². The van der Waals surface area contributed by atoms with Crippen molar-refractivity contribution < 1.29 is 8.42 Å². The van der Waals surface area contributed by atoms with E-state index in [1.54, 1.807) is 30.6 Å². The van der Waals surface area contributed by atoms with Gasteiger partial charge >= 0.3 is 0 Å². The third-order valence-corrected chi connectivity index (χ3v) is 5.69. The summed E-state index contributed by atoms with van der Waals surface area (Å²) in [5, 5.41) is 16.5. The lowest BCUT2D eigenvalue weighted by molar-refractivity contribution is 0.519. The van der Waals surface area contributed by atoms with Crippen LogP contribution < -0.4 is 5.32 Å². The SMILES string of the molecule is Cc1c(Nc2nc3cc(S(C)(=O)=O)ccc3c3cn[nH]c23)cnn1C(C)C. The van der Waals surface area contributed by atoms with E-state index in [1.165, 1.54) is 6.26 Å². The van der Waals surface area contributed by atoms with Gasteiger partial charge in [0.25, 0.3) is 0 Å². The molecule has 0 saturated heterocycles. The van der Waals surface area contributed by atoms with Crippen molar-refractivity contribution in [2.75, 3.05) is 11.6 Å². The second-order valence-corrected chi connectivity index (χ2v) is 8.89. The molecule has 3 aromatic heterocycles. The topological polar surface area (TPSA) is 106 Å². The molecular weight excluding hydrogens is 364 g/mol. The van der Waals surface area contributed by atoms with E-state index in [-0.39, 0.29) is 10.9 Å². The van der Waals surface area contributed by atoms with Gasteiger partial charge in [0, 0.05) is 23.1 Å². The predicted octanol–water partition coefficient (Wildman–Crippen LogP) is 3.34. The second kappa shape index (κ2) is 6.05. The molecule has 9 heteroatoms. The Balaban J connectivity index is 1.90. The first-order chi connectivity index (χ1) is 12.8. The van der Waals surface area contributed by atoms with E-state index < -0.39 is 9.84 Å². The van der Waals surface area contributed by atoms with Crippen molar-refractivity contribution in [1.29, 1.82) is 0 Å². The molecule has 4 aromatic rings. The third-order valence-electron chi connectivity index (χ3n) is 4.58. The molecule has 2 N–H and O–H groups in total. The normalized spacial score (nSPS) is 12.3. The maximum atomic E-state index is 11.9. The monoisotopic (exact) mass is 384 g/mol. The molecule has 0 saturated carbocycles. The van der Waals surface area contributed by atoms with Crippen LogP contribution in [0.3, 0.4) is 0 Å². The van der Waals surface area contributed by atoms with Crippen LogP contribution in [0.2, 0.25) is 0 Å². The summed E-state index contributed by atoms with van der Waals surface area (Å²) in [6, 6.07) is 5.19. The number of hydrogen-bond donors (Lipinski definition) is 2. The van der Waals surface area contributed by atoms with Crippen molar-refractivity contribution in [2.24, 2.45) is 0 Å². The quantitative estimate of drug-likeness (QED) is 0.559. The number of aromatic nitrogens is 5. The Morgan fingerprint density at radius 1 is 1.19 bits per heavy atom. The third kappa shape index (κ3) is 2.93. The minimum atomic E-state index is -3.32. The van der Waals surface area contributed by atoms with Crippen molar-refractivity contribution in [3.05, 3.63) is 36.3 Å². The summed E-state index contributed by atoms with van der Waals surface area (Å²) in [6.45, 7) is 6.12. The summed E-state index contributed by atoms with van der Waals surface area (Å²) in [4.78, 5) is 4.89. The molecule has 3 heterocycles. The van der Waals surface area contributed by atoms with Gasteiger partial charge in [0.05, 0.1) is 34.2 Å². The maximum absolute atomic E-state index is 11.9. The Hall–Kier alpha value is -2.94. The Morgan fingerprint density at radius 2 is 1.96 bits per heavy atom. The average molecular weight is 384 g/mol. The van der Waals surface area contributed by atoms with E-state index in [0.29, 0.717) is 11.3 Å². The average Bonchev–Trinajstić information content (AvgIpc) is 3.21. The molecule has 27 heavy (non-hydrogen) atoms. The van der Waals surface area contributed by atoms with Crippen LogP contribution >= 0.6 is 0 Å². The molecule has 1 aromatic carbocycles. The number of nitrogens with zero attached hydrogens (tertiary/aromatic N) is 4. The largest absolute Gasteiger partial charge is 0.336 e. The number of pyridine rings is 1. The molecule has 0 aliphatic heterocycles. The Labute approximate surface area is 156 Å². The fraction of sp³-hybridized carbons (Fsp3) is 0.278. The van der Waals surface area contributed by atoms with Gasteiger partial charge in [-0.2, -0.15) is 10.2 Å². The second-order valence-electron chi connectivity index (χ2n) is 6.88. The predicted molar refractivity (Wildman–Crippen MR) is 105 cm³/mol. The fourth-order valence-corrected chi connectivity index (χ4v) is 3.84. The van der Waals surface area contributed by atoms with Gasteiger partial charge < -0.3 is 5.32 Å². The molecule has 0 aliphatic rings. The molecule has 140 valence electrons. The molecule has 0 fully saturated rings. The number of anilines is 2. The number of nitrogens with one attached hydrogen (secondary N) is 2. The molecule has 8 nitrogen and oxygen atoms in total. The summed E-state index contributed by atoms with van der Waals surface area (Å²) in [7, 11) is -3.32. The Bertz CT molecular complexity index is 1270. The van der Waals surface area contributed by atoms with Crippen molar-refractivity contribution in [3.63, 3.8) is 0 Å². The number of fused-ring (bicyclic) bond motifs is 3. The van der Waals surface area contributed by atoms with Crippen LogP contribution in [0.5, 0.6) is 0 Å². The highest BCUT2D eigenvalue weighted by molar-refractivity contribution is 7.90. The number of H-pyrrole nitrogens is 1. The van der Waals surface area contributed by atoms with Crippen LogP contribution in [0.15, 0.2) is 35.5 Å². The highest BCUT2D eigenvalue weighted by Crippen LogP contribution is 2.31. The lowest BCUT2D eigenvalue weighted by atomic mass is 10.1. The van der Waals surface area contributed by atoms with Crippen LogP contribution in [-0.2, 0) is 9.84 Å². The van der Waals surface area contributed by atoms with Gasteiger partial charge in [-0.3, -0.25) is 9.78 Å². The molecule has 0 atom stereocenters. The molecule has 0 unspecified atom stereocenters. The van der Waals surface area contributed by atoms with Gasteiger partial charge in [-0.1, -0.05) is 6.07 Å². The summed E-state index contributed by atoms with van der Waals surface area (Å²) < 4.78 is 25.7. The molecule has 0 amide bonds. The molecule has 0 spiro atoms. The summed E-state index contributed by atoms with van der Waals surface area (Å²) >= 11 is 0. The summed E-state index contributed by atoms with van der Waals surface area (Å²) in [6.07, 6.45) is 4.67. The maximum Gasteiger partial charge on any atom is 0.175 e. The van der Waals surface area contributed by atoms with E-state index in [1.807, 2.05) is 11.6 Å². The lowest BCUT2D eigenvalue weighted by Gasteiger charge is -2.11. The van der Waals surface area contributed by atoms with Gasteiger partial charge in [-0.05, 0) is 32.9 Å². The molecule has 0 aliphatic carbocycles. The zero-order valence-corrected chi connectivity index (χ0v) is 16.3. The molecule has 4 rings (SSSR count). The van der Waals surface area contributed by atoms with Crippen LogP contribution in [-0.4, -0.2) is 39.6 Å². The highest BCUT2D eigenvalue weighted by atomic mass is 32.2. The van der Waals surface area contributed by atoms with Crippen LogP contribution in [0.1, 0.15) is 25.6 Å². The van der Waals surface area contributed by atoms with Crippen LogP contribution in [0.25, 0.3) is 21.8 Å². The number of rotatable bonds is 4. The number of aromatic amines is 1. The highest BCUT2D eigenvalue weighted by Gasteiger charge is 2.16. The number of sulfone groups is 1.